The van der Waals surface area contributed by atoms with E-state index in [1.807, 2.05) is 0 Å². The number of hydrogen-bond acceptors (Lipinski definition) is 5. The zero-order chi connectivity index (χ0) is 12.1. The van der Waals surface area contributed by atoms with Crippen LogP contribution in [-0.2, 0) is 4.74 Å². The van der Waals surface area contributed by atoms with Crippen molar-refractivity contribution in [1.82, 2.24) is 4.98 Å². The summed E-state index contributed by atoms with van der Waals surface area (Å²) in [5.41, 5.74) is -0.215. The molecule has 0 saturated carbocycles. The number of nitro groups is 1. The van der Waals surface area contributed by atoms with E-state index in [2.05, 4.69) is 4.98 Å². The minimum Gasteiger partial charge on any atom is -0.467 e. The number of aromatic nitrogens is 1. The molecule has 0 bridgehead atoms. The van der Waals surface area contributed by atoms with E-state index in [1.165, 1.54) is 19.2 Å². The number of pyridine rings is 1. The van der Waals surface area contributed by atoms with Crippen LogP contribution in [-0.4, -0.2) is 29.7 Å². The quantitative estimate of drug-likeness (QED) is 0.452. The Labute approximate surface area is 97.3 Å². The Morgan fingerprint density at radius 3 is 2.88 bits per heavy atom. The lowest BCUT2D eigenvalue weighted by Crippen LogP contribution is -2.19. The summed E-state index contributed by atoms with van der Waals surface area (Å²) in [6.45, 7) is 2.03. The fourth-order valence-electron chi connectivity index (χ4n) is 1.10. The van der Waals surface area contributed by atoms with Gasteiger partial charge in [-0.25, -0.2) is 0 Å². The number of nitrogens with zero attached hydrogens (tertiary/aromatic N) is 2. The Balaban J connectivity index is 2.92. The van der Waals surface area contributed by atoms with Gasteiger partial charge in [0.2, 0.25) is 0 Å². The SMILES string of the molecule is COCC(C)Oc1nc(Cl)ccc1[N+](=O)[O-]. The van der Waals surface area contributed by atoms with E-state index >= 15 is 0 Å². The molecule has 0 fully saturated rings. The highest BCUT2D eigenvalue weighted by Crippen LogP contribution is 2.26. The van der Waals surface area contributed by atoms with Crippen LogP contribution in [0.2, 0.25) is 5.15 Å². The number of ether oxygens (including phenoxy) is 2. The number of hydrogen-bond donors (Lipinski definition) is 0. The van der Waals surface area contributed by atoms with Gasteiger partial charge in [0.25, 0.3) is 5.88 Å². The summed E-state index contributed by atoms with van der Waals surface area (Å²) in [5.74, 6) is -0.0953. The molecule has 6 nitrogen and oxygen atoms in total. The average Bonchev–Trinajstić information content (AvgIpc) is 2.17. The van der Waals surface area contributed by atoms with Crippen LogP contribution in [0.15, 0.2) is 12.1 Å². The molecule has 0 amide bonds. The molecule has 0 radical (unpaired) electrons. The van der Waals surface area contributed by atoms with Gasteiger partial charge in [-0.3, -0.25) is 10.1 Å². The molecule has 1 aromatic rings. The number of methoxy groups -OCH3 is 1. The second-order valence-corrected chi connectivity index (χ2v) is 3.49. The smallest absolute Gasteiger partial charge is 0.331 e. The van der Waals surface area contributed by atoms with Gasteiger partial charge in [-0.1, -0.05) is 11.6 Å². The molecule has 0 aromatic carbocycles. The molecule has 0 aliphatic rings. The number of halogens is 1. The Morgan fingerprint density at radius 1 is 1.62 bits per heavy atom. The van der Waals surface area contributed by atoms with Gasteiger partial charge in [0.15, 0.2) is 0 Å². The topological polar surface area (TPSA) is 74.5 Å². The molecule has 1 unspecified atom stereocenters. The molecule has 0 aliphatic carbocycles. The Morgan fingerprint density at radius 2 is 2.31 bits per heavy atom. The minimum atomic E-state index is -0.571. The molecule has 0 aliphatic heterocycles. The first-order valence-corrected chi connectivity index (χ1v) is 4.89. The third kappa shape index (κ3) is 3.32. The van der Waals surface area contributed by atoms with Crippen molar-refractivity contribution < 1.29 is 14.4 Å². The van der Waals surface area contributed by atoms with Crippen molar-refractivity contribution in [3.8, 4) is 5.88 Å². The highest BCUT2D eigenvalue weighted by atomic mass is 35.5. The maximum Gasteiger partial charge on any atom is 0.331 e. The van der Waals surface area contributed by atoms with Gasteiger partial charge in [0.1, 0.15) is 11.3 Å². The first-order chi connectivity index (χ1) is 7.54. The van der Waals surface area contributed by atoms with Crippen molar-refractivity contribution in [2.75, 3.05) is 13.7 Å². The molecule has 1 atom stereocenters. The normalized spacial score (nSPS) is 12.2. The second kappa shape index (κ2) is 5.62. The molecule has 7 heteroatoms. The fraction of sp³-hybridized carbons (Fsp3) is 0.444. The van der Waals surface area contributed by atoms with Crippen LogP contribution in [0.3, 0.4) is 0 Å². The van der Waals surface area contributed by atoms with Gasteiger partial charge in [-0.05, 0) is 13.0 Å². The lowest BCUT2D eigenvalue weighted by molar-refractivity contribution is -0.386. The van der Waals surface area contributed by atoms with Gasteiger partial charge in [-0.15, -0.1) is 0 Å². The fourth-order valence-corrected chi connectivity index (χ4v) is 1.24. The van der Waals surface area contributed by atoms with Crippen LogP contribution in [0.25, 0.3) is 0 Å². The van der Waals surface area contributed by atoms with E-state index in [0.717, 1.165) is 0 Å². The van der Waals surface area contributed by atoms with Crippen molar-refractivity contribution in [3.63, 3.8) is 0 Å². The van der Waals surface area contributed by atoms with Crippen molar-refractivity contribution >= 4 is 17.3 Å². The van der Waals surface area contributed by atoms with Crippen LogP contribution in [0, 0.1) is 10.1 Å². The Bertz CT molecular complexity index is 386. The monoisotopic (exact) mass is 246 g/mol. The molecule has 1 heterocycles. The predicted octanol–water partition coefficient (Wildman–Crippen LogP) is 2.06. The van der Waals surface area contributed by atoms with Crippen LogP contribution in [0.5, 0.6) is 5.88 Å². The van der Waals surface area contributed by atoms with E-state index in [-0.39, 0.29) is 22.8 Å². The minimum absolute atomic E-state index is 0.0953. The van der Waals surface area contributed by atoms with Crippen molar-refractivity contribution in [2.45, 2.75) is 13.0 Å². The van der Waals surface area contributed by atoms with Crippen LogP contribution in [0.1, 0.15) is 6.92 Å². The highest BCUT2D eigenvalue weighted by molar-refractivity contribution is 6.29. The summed E-state index contributed by atoms with van der Waals surface area (Å²) in [6.07, 6.45) is -0.338. The number of rotatable bonds is 5. The lowest BCUT2D eigenvalue weighted by Gasteiger charge is -2.12. The molecule has 88 valence electrons. The maximum absolute atomic E-state index is 10.7. The van der Waals surface area contributed by atoms with Crippen molar-refractivity contribution in [2.24, 2.45) is 0 Å². The Hall–Kier alpha value is -1.40. The third-order valence-electron chi connectivity index (χ3n) is 1.72. The van der Waals surface area contributed by atoms with Crippen molar-refractivity contribution in [1.29, 1.82) is 0 Å². The first-order valence-electron chi connectivity index (χ1n) is 4.51. The van der Waals surface area contributed by atoms with Gasteiger partial charge >= 0.3 is 5.69 Å². The zero-order valence-electron chi connectivity index (χ0n) is 8.84. The summed E-state index contributed by atoms with van der Waals surface area (Å²) >= 11 is 5.64. The van der Waals surface area contributed by atoms with Gasteiger partial charge in [-0.2, -0.15) is 4.98 Å². The van der Waals surface area contributed by atoms with E-state index in [9.17, 15) is 10.1 Å². The van der Waals surface area contributed by atoms with E-state index in [0.29, 0.717) is 6.61 Å². The molecule has 1 rings (SSSR count). The lowest BCUT2D eigenvalue weighted by atomic mass is 10.4. The molecular formula is C9H11ClN2O4. The van der Waals surface area contributed by atoms with Crippen LogP contribution < -0.4 is 4.74 Å². The molecular weight excluding hydrogens is 236 g/mol. The van der Waals surface area contributed by atoms with E-state index < -0.39 is 4.92 Å². The molecule has 0 spiro atoms. The summed E-state index contributed by atoms with van der Waals surface area (Å²) in [5, 5.41) is 10.8. The highest BCUT2D eigenvalue weighted by Gasteiger charge is 2.19. The van der Waals surface area contributed by atoms with Gasteiger partial charge in [0.05, 0.1) is 11.5 Å². The van der Waals surface area contributed by atoms with E-state index in [4.69, 9.17) is 21.1 Å². The molecule has 0 saturated heterocycles. The van der Waals surface area contributed by atoms with Crippen LogP contribution >= 0.6 is 11.6 Å². The summed E-state index contributed by atoms with van der Waals surface area (Å²) in [7, 11) is 1.51. The largest absolute Gasteiger partial charge is 0.467 e. The zero-order valence-corrected chi connectivity index (χ0v) is 9.60. The van der Waals surface area contributed by atoms with Gasteiger partial charge < -0.3 is 9.47 Å². The summed E-state index contributed by atoms with van der Waals surface area (Å²) < 4.78 is 10.1. The first kappa shape index (κ1) is 12.7. The summed E-state index contributed by atoms with van der Waals surface area (Å²) in [4.78, 5) is 13.9. The summed E-state index contributed by atoms with van der Waals surface area (Å²) in [6, 6.07) is 2.59. The Kier molecular flexibility index (Phi) is 4.45. The van der Waals surface area contributed by atoms with E-state index in [1.54, 1.807) is 6.92 Å². The standard InChI is InChI=1S/C9H11ClN2O4/c1-6(5-15-2)16-9-7(12(13)14)3-4-8(10)11-9/h3-4,6H,5H2,1-2H3. The third-order valence-corrected chi connectivity index (χ3v) is 1.93. The van der Waals surface area contributed by atoms with Crippen molar-refractivity contribution in [3.05, 3.63) is 27.4 Å². The van der Waals surface area contributed by atoms with Gasteiger partial charge in [0, 0.05) is 13.2 Å². The maximum atomic E-state index is 10.7. The average molecular weight is 247 g/mol. The molecule has 0 N–H and O–H groups in total. The predicted molar refractivity (Wildman–Crippen MR) is 57.9 cm³/mol. The second-order valence-electron chi connectivity index (χ2n) is 3.10. The van der Waals surface area contributed by atoms with Crippen LogP contribution in [0.4, 0.5) is 5.69 Å². The molecule has 16 heavy (non-hydrogen) atoms. The molecule has 1 aromatic heterocycles.